The molecule has 0 radical (unpaired) electrons. The van der Waals surface area contributed by atoms with Gasteiger partial charge in [-0.2, -0.15) is 13.2 Å². The fourth-order valence-corrected chi connectivity index (χ4v) is 1.76. The van der Waals surface area contributed by atoms with Gasteiger partial charge >= 0.3 is 6.18 Å². The van der Waals surface area contributed by atoms with Gasteiger partial charge in [-0.25, -0.2) is 0 Å². The highest BCUT2D eigenvalue weighted by Crippen LogP contribution is 2.12. The zero-order valence-electron chi connectivity index (χ0n) is 12.1. The van der Waals surface area contributed by atoms with E-state index in [0.717, 1.165) is 19.3 Å². The number of amides is 1. The van der Waals surface area contributed by atoms with Gasteiger partial charge in [-0.3, -0.25) is 4.79 Å². The summed E-state index contributed by atoms with van der Waals surface area (Å²) in [7, 11) is 0. The van der Waals surface area contributed by atoms with Crippen molar-refractivity contribution in [2.45, 2.75) is 65.2 Å². The van der Waals surface area contributed by atoms with Gasteiger partial charge in [0.05, 0.1) is 6.04 Å². The first-order valence-electron chi connectivity index (χ1n) is 6.72. The van der Waals surface area contributed by atoms with Gasteiger partial charge in [0.2, 0.25) is 5.91 Å². The predicted molar refractivity (Wildman–Crippen MR) is 69.8 cm³/mol. The summed E-state index contributed by atoms with van der Waals surface area (Å²) >= 11 is 0. The average Bonchev–Trinajstić information content (AvgIpc) is 2.24. The van der Waals surface area contributed by atoms with E-state index in [-0.39, 0.29) is 6.04 Å². The lowest BCUT2D eigenvalue weighted by Crippen LogP contribution is -2.47. The van der Waals surface area contributed by atoms with Crippen molar-refractivity contribution in [2.24, 2.45) is 5.92 Å². The van der Waals surface area contributed by atoms with Crippen molar-refractivity contribution in [2.75, 3.05) is 6.54 Å². The molecule has 0 fully saturated rings. The Hall–Kier alpha value is -0.780. The summed E-state index contributed by atoms with van der Waals surface area (Å²) in [5.41, 5.74) is 0. The summed E-state index contributed by atoms with van der Waals surface area (Å²) in [5.74, 6) is 0.0211. The van der Waals surface area contributed by atoms with Gasteiger partial charge in [-0.05, 0) is 26.2 Å². The molecule has 0 bridgehead atoms. The van der Waals surface area contributed by atoms with Crippen LogP contribution in [0.2, 0.25) is 0 Å². The Balaban J connectivity index is 3.88. The summed E-state index contributed by atoms with van der Waals surface area (Å²) < 4.78 is 35.8. The number of halogens is 3. The predicted octanol–water partition coefficient (Wildman–Crippen LogP) is 2.86. The standard InChI is InChI=1S/C13H25F3N2O/c1-9(2)6-5-7-10(3)18-11(4)12(19)17-8-13(14,15)16/h9-11,18H,5-8H2,1-4H3,(H,17,19). The number of alkyl halides is 3. The maximum Gasteiger partial charge on any atom is 0.405 e. The zero-order valence-corrected chi connectivity index (χ0v) is 12.1. The minimum absolute atomic E-state index is 0.116. The number of rotatable bonds is 8. The van der Waals surface area contributed by atoms with Crippen LogP contribution in [0.25, 0.3) is 0 Å². The van der Waals surface area contributed by atoms with E-state index in [4.69, 9.17) is 0 Å². The number of carbonyl (C=O) groups excluding carboxylic acids is 1. The van der Waals surface area contributed by atoms with Crippen LogP contribution in [-0.4, -0.2) is 30.7 Å². The van der Waals surface area contributed by atoms with E-state index in [1.807, 2.05) is 12.2 Å². The third-order valence-corrected chi connectivity index (χ3v) is 2.81. The van der Waals surface area contributed by atoms with Gasteiger partial charge < -0.3 is 10.6 Å². The van der Waals surface area contributed by atoms with E-state index in [0.29, 0.717) is 5.92 Å². The average molecular weight is 282 g/mol. The van der Waals surface area contributed by atoms with Crippen molar-refractivity contribution >= 4 is 5.91 Å². The summed E-state index contributed by atoms with van der Waals surface area (Å²) in [6, 6.07) is -0.498. The molecule has 2 N–H and O–H groups in total. The quantitative estimate of drug-likeness (QED) is 0.719. The SMILES string of the molecule is CC(C)CCCC(C)NC(C)C(=O)NCC(F)(F)F. The first kappa shape index (κ1) is 18.2. The molecule has 3 nitrogen and oxygen atoms in total. The first-order valence-corrected chi connectivity index (χ1v) is 6.72. The molecule has 0 saturated carbocycles. The van der Waals surface area contributed by atoms with E-state index in [2.05, 4.69) is 19.2 Å². The highest BCUT2D eigenvalue weighted by atomic mass is 19.4. The van der Waals surface area contributed by atoms with E-state index in [1.54, 1.807) is 6.92 Å². The molecule has 0 saturated heterocycles. The first-order chi connectivity index (χ1) is 8.61. The van der Waals surface area contributed by atoms with Gasteiger partial charge in [0.1, 0.15) is 6.54 Å². The number of nitrogens with one attached hydrogen (secondary N) is 2. The second-order valence-electron chi connectivity index (χ2n) is 5.45. The topological polar surface area (TPSA) is 41.1 Å². The summed E-state index contributed by atoms with van der Waals surface area (Å²) in [4.78, 5) is 11.4. The molecule has 0 aliphatic carbocycles. The van der Waals surface area contributed by atoms with E-state index >= 15 is 0 Å². The van der Waals surface area contributed by atoms with Gasteiger partial charge in [0, 0.05) is 6.04 Å². The minimum atomic E-state index is -4.36. The zero-order chi connectivity index (χ0) is 15.1. The fraction of sp³-hybridized carbons (Fsp3) is 0.923. The van der Waals surface area contributed by atoms with Crippen LogP contribution in [0, 0.1) is 5.92 Å². The lowest BCUT2D eigenvalue weighted by Gasteiger charge is -2.20. The fourth-order valence-electron chi connectivity index (χ4n) is 1.76. The van der Waals surface area contributed by atoms with Crippen molar-refractivity contribution in [3.8, 4) is 0 Å². The molecule has 114 valence electrons. The lowest BCUT2D eigenvalue weighted by molar-refractivity contribution is -0.139. The van der Waals surface area contributed by atoms with E-state index in [9.17, 15) is 18.0 Å². The molecule has 2 unspecified atom stereocenters. The minimum Gasteiger partial charge on any atom is -0.346 e. The van der Waals surface area contributed by atoms with Gasteiger partial charge in [-0.15, -0.1) is 0 Å². The molecule has 0 aromatic rings. The van der Waals surface area contributed by atoms with Gasteiger partial charge in [0.25, 0.3) is 0 Å². The normalized spacial score (nSPS) is 15.4. The second kappa shape index (κ2) is 8.40. The monoisotopic (exact) mass is 282 g/mol. The van der Waals surface area contributed by atoms with Crippen molar-refractivity contribution in [3.63, 3.8) is 0 Å². The van der Waals surface area contributed by atoms with Crippen LogP contribution in [0.1, 0.15) is 47.0 Å². The Kier molecular flexibility index (Phi) is 8.06. The molecule has 0 aromatic carbocycles. The molecule has 1 amide bonds. The third-order valence-electron chi connectivity index (χ3n) is 2.81. The molecule has 0 aromatic heterocycles. The smallest absolute Gasteiger partial charge is 0.346 e. The molecule has 0 aliphatic rings. The molecule has 6 heteroatoms. The Morgan fingerprint density at radius 2 is 1.68 bits per heavy atom. The molecular weight excluding hydrogens is 257 g/mol. The molecule has 19 heavy (non-hydrogen) atoms. The highest BCUT2D eigenvalue weighted by molar-refractivity contribution is 5.81. The molecule has 0 rings (SSSR count). The third kappa shape index (κ3) is 10.8. The van der Waals surface area contributed by atoms with Crippen LogP contribution in [-0.2, 0) is 4.79 Å². The van der Waals surface area contributed by atoms with Crippen LogP contribution in [0.5, 0.6) is 0 Å². The van der Waals surface area contributed by atoms with E-state index < -0.39 is 24.7 Å². The maximum atomic E-state index is 11.9. The van der Waals surface area contributed by atoms with Crippen LogP contribution in [0.15, 0.2) is 0 Å². The van der Waals surface area contributed by atoms with Crippen molar-refractivity contribution in [1.29, 1.82) is 0 Å². The van der Waals surface area contributed by atoms with Gasteiger partial charge in [-0.1, -0.05) is 26.7 Å². The summed E-state index contributed by atoms with van der Waals surface area (Å²) in [5, 5.41) is 4.89. The molecule has 0 spiro atoms. The molecule has 2 atom stereocenters. The second-order valence-corrected chi connectivity index (χ2v) is 5.45. The van der Waals surface area contributed by atoms with Crippen LogP contribution in [0.4, 0.5) is 13.2 Å². The van der Waals surface area contributed by atoms with E-state index in [1.165, 1.54) is 0 Å². The molecular formula is C13H25F3N2O. The molecule has 0 aliphatic heterocycles. The highest BCUT2D eigenvalue weighted by Gasteiger charge is 2.28. The van der Waals surface area contributed by atoms with Crippen LogP contribution in [0.3, 0.4) is 0 Å². The van der Waals surface area contributed by atoms with Crippen LogP contribution < -0.4 is 10.6 Å². The lowest BCUT2D eigenvalue weighted by atomic mass is 10.0. The summed E-state index contributed by atoms with van der Waals surface area (Å²) in [6.45, 7) is 6.52. The largest absolute Gasteiger partial charge is 0.405 e. The summed E-state index contributed by atoms with van der Waals surface area (Å²) in [6.07, 6.45) is -1.29. The Bertz CT molecular complexity index is 267. The number of hydrogen-bond donors (Lipinski definition) is 2. The van der Waals surface area contributed by atoms with Crippen LogP contribution >= 0.6 is 0 Å². The number of carbonyl (C=O) groups is 1. The molecule has 0 heterocycles. The Morgan fingerprint density at radius 3 is 2.16 bits per heavy atom. The number of hydrogen-bond acceptors (Lipinski definition) is 2. The van der Waals surface area contributed by atoms with Crippen molar-refractivity contribution < 1.29 is 18.0 Å². The Morgan fingerprint density at radius 1 is 1.11 bits per heavy atom. The van der Waals surface area contributed by atoms with Crippen molar-refractivity contribution in [1.82, 2.24) is 10.6 Å². The Labute approximate surface area is 113 Å². The van der Waals surface area contributed by atoms with Gasteiger partial charge in [0.15, 0.2) is 0 Å². The van der Waals surface area contributed by atoms with Crippen molar-refractivity contribution in [3.05, 3.63) is 0 Å². The maximum absolute atomic E-state index is 11.9.